The van der Waals surface area contributed by atoms with E-state index in [0.29, 0.717) is 18.8 Å². The minimum atomic E-state index is -3.47. The monoisotopic (exact) mass is 363 g/mol. The Morgan fingerprint density at radius 2 is 1.92 bits per heavy atom. The third-order valence-electron chi connectivity index (χ3n) is 4.01. The van der Waals surface area contributed by atoms with Crippen LogP contribution >= 0.6 is 0 Å². The zero-order chi connectivity index (χ0) is 18.0. The fraction of sp³-hybridized carbons (Fsp3) is 0.438. The summed E-state index contributed by atoms with van der Waals surface area (Å²) in [7, 11) is -0.422. The molecule has 0 spiro atoms. The summed E-state index contributed by atoms with van der Waals surface area (Å²) in [4.78, 5) is 12.6. The third kappa shape index (κ3) is 3.84. The molecule has 1 saturated heterocycles. The highest BCUT2D eigenvalue weighted by molar-refractivity contribution is 7.86. The van der Waals surface area contributed by atoms with Crippen molar-refractivity contribution in [1.29, 1.82) is 0 Å². The van der Waals surface area contributed by atoms with Crippen molar-refractivity contribution in [3.05, 3.63) is 42.2 Å². The van der Waals surface area contributed by atoms with Gasteiger partial charge in [0.25, 0.3) is 10.2 Å². The normalized spacial score (nSPS) is 19.3. The summed E-state index contributed by atoms with van der Waals surface area (Å²) in [6.07, 6.45) is 4.53. The molecule has 3 heterocycles. The Balaban J connectivity index is 1.90. The van der Waals surface area contributed by atoms with Crippen LogP contribution in [-0.4, -0.2) is 65.8 Å². The molecule has 2 aromatic heterocycles. The van der Waals surface area contributed by atoms with E-state index in [2.05, 4.69) is 15.0 Å². The molecule has 0 N–H and O–H groups in total. The van der Waals surface area contributed by atoms with Crippen molar-refractivity contribution in [2.45, 2.75) is 13.0 Å². The van der Waals surface area contributed by atoms with Crippen LogP contribution < -0.4 is 0 Å². The second-order valence-electron chi connectivity index (χ2n) is 6.06. The summed E-state index contributed by atoms with van der Waals surface area (Å²) < 4.78 is 33.2. The summed E-state index contributed by atoms with van der Waals surface area (Å²) in [5.41, 5.74) is 3.34. The van der Waals surface area contributed by atoms with Crippen molar-refractivity contribution in [2.24, 2.45) is 0 Å². The molecule has 0 bridgehead atoms. The van der Waals surface area contributed by atoms with Gasteiger partial charge in [0, 0.05) is 50.8 Å². The first kappa shape index (κ1) is 17.9. The van der Waals surface area contributed by atoms with E-state index in [1.54, 1.807) is 12.4 Å². The second kappa shape index (κ2) is 7.12. The molecular weight excluding hydrogens is 342 g/mol. The van der Waals surface area contributed by atoms with Gasteiger partial charge in [-0.3, -0.25) is 4.98 Å². The quantitative estimate of drug-likeness (QED) is 0.806. The van der Waals surface area contributed by atoms with Gasteiger partial charge in [-0.15, -0.1) is 0 Å². The fourth-order valence-electron chi connectivity index (χ4n) is 2.72. The van der Waals surface area contributed by atoms with Gasteiger partial charge in [0.05, 0.1) is 12.3 Å². The zero-order valence-corrected chi connectivity index (χ0v) is 15.3. The van der Waals surface area contributed by atoms with Gasteiger partial charge in [0.1, 0.15) is 12.4 Å². The molecule has 0 saturated carbocycles. The van der Waals surface area contributed by atoms with Crippen molar-refractivity contribution in [3.63, 3.8) is 0 Å². The molecule has 1 aliphatic rings. The lowest BCUT2D eigenvalue weighted by Gasteiger charge is -2.33. The van der Waals surface area contributed by atoms with Gasteiger partial charge in [0.2, 0.25) is 0 Å². The van der Waals surface area contributed by atoms with Crippen molar-refractivity contribution in [1.82, 2.24) is 23.6 Å². The number of rotatable bonds is 4. The van der Waals surface area contributed by atoms with E-state index in [1.807, 2.05) is 19.1 Å². The highest BCUT2D eigenvalue weighted by Crippen LogP contribution is 2.27. The summed E-state index contributed by atoms with van der Waals surface area (Å²) in [5.74, 6) is 0. The summed E-state index contributed by atoms with van der Waals surface area (Å²) in [5, 5.41) is 0. The zero-order valence-electron chi connectivity index (χ0n) is 14.5. The summed E-state index contributed by atoms with van der Waals surface area (Å²) in [6, 6.07) is 3.85. The van der Waals surface area contributed by atoms with E-state index in [9.17, 15) is 8.42 Å². The molecule has 3 rings (SSSR count). The Morgan fingerprint density at radius 3 is 2.60 bits per heavy atom. The van der Waals surface area contributed by atoms with Gasteiger partial charge in [-0.25, -0.2) is 9.97 Å². The van der Waals surface area contributed by atoms with Gasteiger partial charge in [-0.05, 0) is 24.6 Å². The van der Waals surface area contributed by atoms with Gasteiger partial charge in [0.15, 0.2) is 0 Å². The van der Waals surface area contributed by atoms with Crippen molar-refractivity contribution in [2.75, 3.05) is 33.8 Å². The molecule has 1 aliphatic heterocycles. The van der Waals surface area contributed by atoms with Crippen LogP contribution in [0.4, 0.5) is 0 Å². The minimum absolute atomic E-state index is 0.238. The first-order chi connectivity index (χ1) is 11.9. The Hall–Kier alpha value is -1.94. The van der Waals surface area contributed by atoms with Crippen molar-refractivity contribution in [3.8, 4) is 11.1 Å². The van der Waals surface area contributed by atoms with Crippen LogP contribution in [0.3, 0.4) is 0 Å². The topological polar surface area (TPSA) is 88.5 Å². The standard InChI is InChI=1S/C16H21N5O3S/c1-12-6-13(14-8-17-11-18-9-14)7-15(19-12)16-10-21(4-5-24-16)25(22,23)20(2)3/h6-9,11,16H,4-5,10H2,1-3H3/t16-/m1/s1. The molecular formula is C16H21N5O3S. The molecule has 134 valence electrons. The number of morpholine rings is 1. The fourth-order valence-corrected chi connectivity index (χ4v) is 3.81. The van der Waals surface area contributed by atoms with Crippen molar-refractivity contribution >= 4 is 10.2 Å². The second-order valence-corrected chi connectivity index (χ2v) is 8.20. The maximum atomic E-state index is 12.4. The first-order valence-corrected chi connectivity index (χ1v) is 9.31. The number of nitrogens with zero attached hydrogens (tertiary/aromatic N) is 5. The van der Waals surface area contributed by atoms with Crippen LogP contribution in [0.2, 0.25) is 0 Å². The van der Waals surface area contributed by atoms with E-state index < -0.39 is 16.3 Å². The molecule has 8 nitrogen and oxygen atoms in total. The van der Waals surface area contributed by atoms with Gasteiger partial charge in [-0.2, -0.15) is 17.0 Å². The first-order valence-electron chi connectivity index (χ1n) is 7.91. The molecule has 0 aromatic carbocycles. The van der Waals surface area contributed by atoms with Gasteiger partial charge in [-0.1, -0.05) is 0 Å². The average Bonchev–Trinajstić information content (AvgIpc) is 2.62. The number of hydrogen-bond donors (Lipinski definition) is 0. The summed E-state index contributed by atoms with van der Waals surface area (Å²) in [6.45, 7) is 2.80. The van der Waals surface area contributed by atoms with Crippen LogP contribution in [0, 0.1) is 6.92 Å². The Kier molecular flexibility index (Phi) is 5.09. The predicted octanol–water partition coefficient (Wildman–Crippen LogP) is 1.03. The third-order valence-corrected chi connectivity index (χ3v) is 5.92. The molecule has 0 amide bonds. The average molecular weight is 363 g/mol. The molecule has 25 heavy (non-hydrogen) atoms. The van der Waals surface area contributed by atoms with Gasteiger partial charge < -0.3 is 4.74 Å². The SMILES string of the molecule is Cc1cc(-c2cncnc2)cc([C@H]2CN(S(=O)(=O)N(C)C)CCO2)n1. The van der Waals surface area contributed by atoms with E-state index in [4.69, 9.17) is 4.74 Å². The number of hydrogen-bond acceptors (Lipinski definition) is 6. The van der Waals surface area contributed by atoms with E-state index in [-0.39, 0.29) is 6.54 Å². The Bertz CT molecular complexity index is 842. The minimum Gasteiger partial charge on any atom is -0.369 e. The number of pyridine rings is 1. The van der Waals surface area contributed by atoms with Crippen LogP contribution in [0.25, 0.3) is 11.1 Å². The molecule has 1 fully saturated rings. The molecule has 1 atom stereocenters. The number of ether oxygens (including phenoxy) is 1. The van der Waals surface area contributed by atoms with Crippen LogP contribution in [0.1, 0.15) is 17.5 Å². The maximum Gasteiger partial charge on any atom is 0.281 e. The van der Waals surface area contributed by atoms with Gasteiger partial charge >= 0.3 is 0 Å². The molecule has 0 unspecified atom stereocenters. The van der Waals surface area contributed by atoms with E-state index in [1.165, 1.54) is 29.0 Å². The maximum absolute atomic E-state index is 12.4. The van der Waals surface area contributed by atoms with Crippen LogP contribution in [0.15, 0.2) is 30.9 Å². The number of aryl methyl sites for hydroxylation is 1. The molecule has 0 radical (unpaired) electrons. The number of aromatic nitrogens is 3. The lowest BCUT2D eigenvalue weighted by atomic mass is 10.1. The predicted molar refractivity (Wildman–Crippen MR) is 92.9 cm³/mol. The highest BCUT2D eigenvalue weighted by atomic mass is 32.2. The Labute approximate surface area is 147 Å². The lowest BCUT2D eigenvalue weighted by molar-refractivity contribution is -0.00626. The van der Waals surface area contributed by atoms with E-state index in [0.717, 1.165) is 16.8 Å². The highest BCUT2D eigenvalue weighted by Gasteiger charge is 2.32. The summed E-state index contributed by atoms with van der Waals surface area (Å²) >= 11 is 0. The molecule has 2 aromatic rings. The van der Waals surface area contributed by atoms with Crippen LogP contribution in [-0.2, 0) is 14.9 Å². The largest absolute Gasteiger partial charge is 0.369 e. The van der Waals surface area contributed by atoms with Crippen LogP contribution in [0.5, 0.6) is 0 Å². The smallest absolute Gasteiger partial charge is 0.281 e. The lowest BCUT2D eigenvalue weighted by Crippen LogP contribution is -2.47. The van der Waals surface area contributed by atoms with Crippen molar-refractivity contribution < 1.29 is 13.2 Å². The van der Waals surface area contributed by atoms with E-state index >= 15 is 0 Å². The molecule has 0 aliphatic carbocycles. The Morgan fingerprint density at radius 1 is 1.20 bits per heavy atom. The molecule has 9 heteroatoms.